The third kappa shape index (κ3) is 5.46. The molecule has 1 aromatic carbocycles. The minimum atomic E-state index is -0.879. The summed E-state index contributed by atoms with van der Waals surface area (Å²) in [6.07, 6.45) is 0.216. The zero-order chi connectivity index (χ0) is 14.1. The van der Waals surface area contributed by atoms with Crippen LogP contribution in [0.3, 0.4) is 0 Å². The highest BCUT2D eigenvalue weighted by atomic mass is 16.5. The summed E-state index contributed by atoms with van der Waals surface area (Å²) in [5, 5.41) is 21.3. The summed E-state index contributed by atoms with van der Waals surface area (Å²) in [6.45, 7) is 3.60. The number of nitrogens with one attached hydrogen (secondary N) is 1. The van der Waals surface area contributed by atoms with Gasteiger partial charge in [-0.25, -0.2) is 0 Å². The van der Waals surface area contributed by atoms with Crippen molar-refractivity contribution in [3.05, 3.63) is 23.8 Å². The Labute approximate surface area is 114 Å². The van der Waals surface area contributed by atoms with Crippen molar-refractivity contribution < 1.29 is 19.7 Å². The van der Waals surface area contributed by atoms with Crippen molar-refractivity contribution in [2.24, 2.45) is 0 Å². The van der Waals surface area contributed by atoms with E-state index in [4.69, 9.17) is 14.6 Å². The van der Waals surface area contributed by atoms with Gasteiger partial charge in [-0.3, -0.25) is 0 Å². The smallest absolute Gasteiger partial charge is 0.161 e. The topological polar surface area (TPSA) is 71.0 Å². The molecule has 1 aromatic rings. The summed E-state index contributed by atoms with van der Waals surface area (Å²) in [4.78, 5) is 0. The van der Waals surface area contributed by atoms with E-state index in [1.807, 2.05) is 18.2 Å². The predicted octanol–water partition coefficient (Wildman–Crippen LogP) is 0.927. The number of benzene rings is 1. The van der Waals surface area contributed by atoms with E-state index >= 15 is 0 Å². The Morgan fingerprint density at radius 1 is 1.32 bits per heavy atom. The lowest BCUT2D eigenvalue weighted by Crippen LogP contribution is -2.21. The van der Waals surface area contributed by atoms with E-state index in [1.54, 1.807) is 7.11 Å². The van der Waals surface area contributed by atoms with Gasteiger partial charge in [-0.2, -0.15) is 0 Å². The van der Waals surface area contributed by atoms with Gasteiger partial charge < -0.3 is 25.0 Å². The van der Waals surface area contributed by atoms with Crippen LogP contribution in [0.15, 0.2) is 18.2 Å². The number of aliphatic hydroxyl groups is 2. The highest BCUT2D eigenvalue weighted by Gasteiger charge is 2.08. The van der Waals surface area contributed by atoms with E-state index in [0.717, 1.165) is 25.1 Å². The van der Waals surface area contributed by atoms with Crippen molar-refractivity contribution in [3.63, 3.8) is 0 Å². The summed E-state index contributed by atoms with van der Waals surface area (Å²) in [7, 11) is 1.58. The highest BCUT2D eigenvalue weighted by molar-refractivity contribution is 5.42. The molecule has 5 heteroatoms. The lowest BCUT2D eigenvalue weighted by molar-refractivity contribution is 0.0527. The molecule has 0 saturated heterocycles. The number of methoxy groups -OCH3 is 1. The fraction of sp³-hybridized carbons (Fsp3) is 0.571. The van der Waals surface area contributed by atoms with Crippen LogP contribution >= 0.6 is 0 Å². The first-order chi connectivity index (χ1) is 9.21. The summed E-state index contributed by atoms with van der Waals surface area (Å²) >= 11 is 0. The fourth-order valence-corrected chi connectivity index (χ4v) is 1.59. The number of aliphatic hydroxyl groups excluding tert-OH is 2. The molecule has 0 spiro atoms. The van der Waals surface area contributed by atoms with Crippen molar-refractivity contribution in [2.45, 2.75) is 26.0 Å². The fourth-order valence-electron chi connectivity index (χ4n) is 1.59. The van der Waals surface area contributed by atoms with E-state index in [1.165, 1.54) is 0 Å². The molecule has 0 amide bonds. The van der Waals surface area contributed by atoms with Crippen LogP contribution in [0.25, 0.3) is 0 Å². The minimum Gasteiger partial charge on any atom is -0.493 e. The number of ether oxygens (including phenoxy) is 2. The number of rotatable bonds is 9. The Balaban J connectivity index is 2.62. The van der Waals surface area contributed by atoms with Crippen LogP contribution in [0.4, 0.5) is 0 Å². The Hall–Kier alpha value is -1.30. The second-order valence-corrected chi connectivity index (χ2v) is 4.31. The van der Waals surface area contributed by atoms with Gasteiger partial charge in [-0.1, -0.05) is 13.0 Å². The maximum atomic E-state index is 9.25. The first-order valence-corrected chi connectivity index (χ1v) is 6.50. The summed E-state index contributed by atoms with van der Waals surface area (Å²) < 4.78 is 10.7. The van der Waals surface area contributed by atoms with Gasteiger partial charge in [0.1, 0.15) is 12.7 Å². The van der Waals surface area contributed by atoms with E-state index < -0.39 is 6.10 Å². The minimum absolute atomic E-state index is 0.0420. The SMILES string of the molecule is CCCNCc1ccc(OCC(O)CO)c(OC)c1. The summed E-state index contributed by atoms with van der Waals surface area (Å²) in [6, 6.07) is 5.67. The van der Waals surface area contributed by atoms with Crippen molar-refractivity contribution >= 4 is 0 Å². The Morgan fingerprint density at radius 2 is 2.11 bits per heavy atom. The largest absolute Gasteiger partial charge is 0.493 e. The van der Waals surface area contributed by atoms with Gasteiger partial charge in [-0.05, 0) is 30.7 Å². The Kier molecular flexibility index (Phi) is 7.25. The van der Waals surface area contributed by atoms with E-state index in [-0.39, 0.29) is 13.2 Å². The van der Waals surface area contributed by atoms with Crippen LogP contribution in [0.2, 0.25) is 0 Å². The zero-order valence-electron chi connectivity index (χ0n) is 11.6. The number of hydrogen-bond acceptors (Lipinski definition) is 5. The average Bonchev–Trinajstić information content (AvgIpc) is 2.45. The van der Waals surface area contributed by atoms with Crippen LogP contribution in [0, 0.1) is 0 Å². The van der Waals surface area contributed by atoms with Crippen LogP contribution in [-0.4, -0.2) is 43.2 Å². The van der Waals surface area contributed by atoms with E-state index in [0.29, 0.717) is 11.5 Å². The van der Waals surface area contributed by atoms with Crippen molar-refractivity contribution in [2.75, 3.05) is 26.9 Å². The van der Waals surface area contributed by atoms with Crippen molar-refractivity contribution in [3.8, 4) is 11.5 Å². The molecule has 0 fully saturated rings. The normalized spacial score (nSPS) is 12.2. The van der Waals surface area contributed by atoms with Crippen molar-refractivity contribution in [1.29, 1.82) is 0 Å². The van der Waals surface area contributed by atoms with Crippen LogP contribution < -0.4 is 14.8 Å². The Morgan fingerprint density at radius 3 is 2.74 bits per heavy atom. The van der Waals surface area contributed by atoms with Crippen molar-refractivity contribution in [1.82, 2.24) is 5.32 Å². The second kappa shape index (κ2) is 8.74. The first-order valence-electron chi connectivity index (χ1n) is 6.50. The molecule has 0 aromatic heterocycles. The molecule has 19 heavy (non-hydrogen) atoms. The molecule has 0 heterocycles. The van der Waals surface area contributed by atoms with Crippen LogP contribution in [0.1, 0.15) is 18.9 Å². The molecule has 0 aliphatic rings. The van der Waals surface area contributed by atoms with Crippen LogP contribution in [0.5, 0.6) is 11.5 Å². The van der Waals surface area contributed by atoms with Gasteiger partial charge >= 0.3 is 0 Å². The third-order valence-electron chi connectivity index (χ3n) is 2.63. The van der Waals surface area contributed by atoms with Crippen LogP contribution in [-0.2, 0) is 6.54 Å². The highest BCUT2D eigenvalue weighted by Crippen LogP contribution is 2.28. The molecule has 108 valence electrons. The predicted molar refractivity (Wildman–Crippen MR) is 73.6 cm³/mol. The lowest BCUT2D eigenvalue weighted by Gasteiger charge is -2.14. The Bertz CT molecular complexity index is 370. The van der Waals surface area contributed by atoms with Gasteiger partial charge in [0.2, 0.25) is 0 Å². The molecule has 5 nitrogen and oxygen atoms in total. The molecule has 1 unspecified atom stereocenters. The molecule has 0 aliphatic heterocycles. The zero-order valence-corrected chi connectivity index (χ0v) is 11.6. The van der Waals surface area contributed by atoms with Gasteiger partial charge in [0, 0.05) is 6.54 Å². The standard InChI is InChI=1S/C14H23NO4/c1-3-6-15-8-11-4-5-13(14(7-11)18-2)19-10-12(17)9-16/h4-5,7,12,15-17H,3,6,8-10H2,1-2H3. The molecule has 0 aliphatic carbocycles. The summed E-state index contributed by atoms with van der Waals surface area (Å²) in [5.74, 6) is 1.19. The van der Waals surface area contributed by atoms with Gasteiger partial charge in [-0.15, -0.1) is 0 Å². The second-order valence-electron chi connectivity index (χ2n) is 4.31. The first kappa shape index (κ1) is 15.8. The number of hydrogen-bond donors (Lipinski definition) is 3. The molecule has 0 radical (unpaired) electrons. The van der Waals surface area contributed by atoms with Gasteiger partial charge in [0.05, 0.1) is 13.7 Å². The maximum Gasteiger partial charge on any atom is 0.161 e. The molecule has 1 rings (SSSR count). The monoisotopic (exact) mass is 269 g/mol. The summed E-state index contributed by atoms with van der Waals surface area (Å²) in [5.41, 5.74) is 1.11. The quantitative estimate of drug-likeness (QED) is 0.582. The molecular weight excluding hydrogens is 246 g/mol. The lowest BCUT2D eigenvalue weighted by atomic mass is 10.2. The van der Waals surface area contributed by atoms with Gasteiger partial charge in [0.25, 0.3) is 0 Å². The molecule has 0 saturated carbocycles. The van der Waals surface area contributed by atoms with Gasteiger partial charge in [0.15, 0.2) is 11.5 Å². The maximum absolute atomic E-state index is 9.25. The average molecular weight is 269 g/mol. The molecule has 3 N–H and O–H groups in total. The van der Waals surface area contributed by atoms with E-state index in [2.05, 4.69) is 12.2 Å². The molecule has 1 atom stereocenters. The van der Waals surface area contributed by atoms with E-state index in [9.17, 15) is 5.11 Å². The molecule has 0 bridgehead atoms. The third-order valence-corrected chi connectivity index (χ3v) is 2.63. The molecular formula is C14H23NO4.